The molecule has 1 aliphatic heterocycles. The Balaban J connectivity index is 1.95. The summed E-state index contributed by atoms with van der Waals surface area (Å²) in [7, 11) is -3.70. The SMILES string of the molecule is O=C(O)c1cccc2c1C=C(COc1ccccc1)S2(=O)=O. The van der Waals surface area contributed by atoms with Gasteiger partial charge in [-0.15, -0.1) is 0 Å². The highest BCUT2D eigenvalue weighted by atomic mass is 32.2. The third-order valence-electron chi connectivity index (χ3n) is 3.36. The molecule has 6 heteroatoms. The number of sulfone groups is 1. The van der Waals surface area contributed by atoms with Crippen molar-refractivity contribution in [2.45, 2.75) is 4.90 Å². The summed E-state index contributed by atoms with van der Waals surface area (Å²) >= 11 is 0. The molecule has 0 fully saturated rings. The Bertz CT molecular complexity index is 867. The molecule has 1 aliphatic rings. The molecule has 1 N–H and O–H groups in total. The number of carboxylic acids is 1. The van der Waals surface area contributed by atoms with Gasteiger partial charge in [-0.1, -0.05) is 24.3 Å². The van der Waals surface area contributed by atoms with E-state index in [1.165, 1.54) is 24.3 Å². The molecule has 0 radical (unpaired) electrons. The summed E-state index contributed by atoms with van der Waals surface area (Å²) in [6.07, 6.45) is 1.37. The molecule has 112 valence electrons. The van der Waals surface area contributed by atoms with Crippen LogP contribution in [0.25, 0.3) is 6.08 Å². The molecule has 0 saturated carbocycles. The second kappa shape index (κ2) is 5.31. The molecule has 0 amide bonds. The van der Waals surface area contributed by atoms with E-state index in [-0.39, 0.29) is 27.5 Å². The number of hydrogen-bond acceptors (Lipinski definition) is 4. The number of carbonyl (C=O) groups is 1. The first-order chi connectivity index (χ1) is 10.5. The lowest BCUT2D eigenvalue weighted by molar-refractivity contribution is 0.0696. The first-order valence-corrected chi connectivity index (χ1v) is 7.98. The maximum atomic E-state index is 12.4. The normalized spacial score (nSPS) is 15.0. The van der Waals surface area contributed by atoms with Gasteiger partial charge in [-0.3, -0.25) is 0 Å². The van der Waals surface area contributed by atoms with Gasteiger partial charge in [-0.2, -0.15) is 0 Å². The lowest BCUT2D eigenvalue weighted by Crippen LogP contribution is -2.09. The van der Waals surface area contributed by atoms with Gasteiger partial charge in [0, 0.05) is 5.56 Å². The zero-order chi connectivity index (χ0) is 15.7. The number of ether oxygens (including phenoxy) is 1. The summed E-state index contributed by atoms with van der Waals surface area (Å²) < 4.78 is 30.3. The van der Waals surface area contributed by atoms with E-state index >= 15 is 0 Å². The predicted octanol–water partition coefficient (Wildman–Crippen LogP) is 2.59. The van der Waals surface area contributed by atoms with Crippen molar-refractivity contribution < 1.29 is 23.1 Å². The minimum Gasteiger partial charge on any atom is -0.488 e. The molecule has 0 aliphatic carbocycles. The fraction of sp³-hybridized carbons (Fsp3) is 0.0625. The maximum absolute atomic E-state index is 12.4. The predicted molar refractivity (Wildman–Crippen MR) is 80.5 cm³/mol. The summed E-state index contributed by atoms with van der Waals surface area (Å²) in [4.78, 5) is 11.3. The molecule has 2 aromatic carbocycles. The first kappa shape index (κ1) is 14.3. The minimum atomic E-state index is -3.70. The molecule has 3 rings (SSSR count). The van der Waals surface area contributed by atoms with Crippen molar-refractivity contribution >= 4 is 21.9 Å². The Labute approximate surface area is 127 Å². The molecule has 0 aromatic heterocycles. The highest BCUT2D eigenvalue weighted by Crippen LogP contribution is 2.35. The van der Waals surface area contributed by atoms with Gasteiger partial charge in [0.2, 0.25) is 9.84 Å². The number of para-hydroxylation sites is 1. The number of hydrogen-bond donors (Lipinski definition) is 1. The summed E-state index contributed by atoms with van der Waals surface area (Å²) in [5.41, 5.74) is 0.178. The van der Waals surface area contributed by atoms with Crippen LogP contribution in [-0.2, 0) is 9.84 Å². The van der Waals surface area contributed by atoms with Crippen LogP contribution in [0.15, 0.2) is 58.3 Å². The van der Waals surface area contributed by atoms with Gasteiger partial charge >= 0.3 is 5.97 Å². The monoisotopic (exact) mass is 316 g/mol. The molecule has 5 nitrogen and oxygen atoms in total. The van der Waals surface area contributed by atoms with E-state index in [0.29, 0.717) is 5.75 Å². The number of aromatic carboxylic acids is 1. The van der Waals surface area contributed by atoms with Crippen molar-refractivity contribution in [1.29, 1.82) is 0 Å². The Morgan fingerprint density at radius 2 is 1.77 bits per heavy atom. The Kier molecular flexibility index (Phi) is 3.46. The van der Waals surface area contributed by atoms with Crippen LogP contribution in [-0.4, -0.2) is 26.1 Å². The average Bonchev–Trinajstić information content (AvgIpc) is 2.77. The van der Waals surface area contributed by atoms with Crippen molar-refractivity contribution in [3.8, 4) is 5.75 Å². The molecule has 1 heterocycles. The van der Waals surface area contributed by atoms with Crippen molar-refractivity contribution in [2.75, 3.05) is 6.61 Å². The largest absolute Gasteiger partial charge is 0.488 e. The zero-order valence-electron chi connectivity index (χ0n) is 11.4. The third kappa shape index (κ3) is 2.37. The highest BCUT2D eigenvalue weighted by molar-refractivity contribution is 7.95. The fourth-order valence-electron chi connectivity index (χ4n) is 2.28. The van der Waals surface area contributed by atoms with Crippen LogP contribution >= 0.6 is 0 Å². The van der Waals surface area contributed by atoms with E-state index in [4.69, 9.17) is 9.84 Å². The lowest BCUT2D eigenvalue weighted by atomic mass is 10.1. The van der Waals surface area contributed by atoms with E-state index in [1.807, 2.05) is 6.07 Å². The zero-order valence-corrected chi connectivity index (χ0v) is 12.2. The van der Waals surface area contributed by atoms with Gasteiger partial charge in [-0.05, 0) is 30.3 Å². The summed E-state index contributed by atoms with van der Waals surface area (Å²) in [6.45, 7) is -0.139. The fourth-order valence-corrected chi connectivity index (χ4v) is 3.77. The van der Waals surface area contributed by atoms with Gasteiger partial charge in [-0.25, -0.2) is 13.2 Å². The second-order valence-corrected chi connectivity index (χ2v) is 6.71. The molecule has 22 heavy (non-hydrogen) atoms. The average molecular weight is 316 g/mol. The van der Waals surface area contributed by atoms with Crippen LogP contribution in [0.2, 0.25) is 0 Å². The van der Waals surface area contributed by atoms with Gasteiger partial charge < -0.3 is 9.84 Å². The van der Waals surface area contributed by atoms with Crippen LogP contribution < -0.4 is 4.74 Å². The maximum Gasteiger partial charge on any atom is 0.336 e. The Morgan fingerprint density at radius 3 is 2.45 bits per heavy atom. The number of benzene rings is 2. The molecule has 0 unspecified atom stereocenters. The Morgan fingerprint density at radius 1 is 1.05 bits per heavy atom. The highest BCUT2D eigenvalue weighted by Gasteiger charge is 2.32. The molecular formula is C16H12O5S. The standard InChI is InChI=1S/C16H12O5S/c17-16(18)13-7-4-8-15-14(13)9-12(22(15,19)20)10-21-11-5-2-1-3-6-11/h1-9H,10H2,(H,17,18). The van der Waals surface area contributed by atoms with E-state index in [1.54, 1.807) is 24.3 Å². The van der Waals surface area contributed by atoms with Gasteiger partial charge in [0.25, 0.3) is 0 Å². The topological polar surface area (TPSA) is 80.7 Å². The molecule has 0 saturated heterocycles. The van der Waals surface area contributed by atoms with E-state index in [0.717, 1.165) is 0 Å². The second-order valence-electron chi connectivity index (χ2n) is 4.74. The van der Waals surface area contributed by atoms with Gasteiger partial charge in [0.1, 0.15) is 12.4 Å². The van der Waals surface area contributed by atoms with Crippen LogP contribution in [0, 0.1) is 0 Å². The van der Waals surface area contributed by atoms with Gasteiger partial charge in [0.15, 0.2) is 0 Å². The molecular weight excluding hydrogens is 304 g/mol. The molecule has 2 aromatic rings. The smallest absolute Gasteiger partial charge is 0.336 e. The number of fused-ring (bicyclic) bond motifs is 1. The van der Waals surface area contributed by atoms with E-state index in [9.17, 15) is 13.2 Å². The van der Waals surface area contributed by atoms with Crippen LogP contribution in [0.5, 0.6) is 5.75 Å². The van der Waals surface area contributed by atoms with Crippen LogP contribution in [0.4, 0.5) is 0 Å². The number of rotatable bonds is 4. The van der Waals surface area contributed by atoms with E-state index in [2.05, 4.69) is 0 Å². The summed E-state index contributed by atoms with van der Waals surface area (Å²) in [5.74, 6) is -0.610. The minimum absolute atomic E-state index is 0.0130. The van der Waals surface area contributed by atoms with Crippen molar-refractivity contribution in [1.82, 2.24) is 0 Å². The Hall–Kier alpha value is -2.60. The van der Waals surface area contributed by atoms with Crippen molar-refractivity contribution in [3.63, 3.8) is 0 Å². The van der Waals surface area contributed by atoms with Crippen LogP contribution in [0.3, 0.4) is 0 Å². The first-order valence-electron chi connectivity index (χ1n) is 6.50. The summed E-state index contributed by atoms with van der Waals surface area (Å²) in [6, 6.07) is 13.0. The summed E-state index contributed by atoms with van der Waals surface area (Å²) in [5, 5.41) is 9.16. The van der Waals surface area contributed by atoms with Gasteiger partial charge in [0.05, 0.1) is 15.4 Å². The number of carboxylic acid groups (broad SMARTS) is 1. The lowest BCUT2D eigenvalue weighted by Gasteiger charge is -2.07. The molecule has 0 bridgehead atoms. The molecule has 0 atom stereocenters. The van der Waals surface area contributed by atoms with Crippen LogP contribution in [0.1, 0.15) is 15.9 Å². The molecule has 0 spiro atoms. The quantitative estimate of drug-likeness (QED) is 0.937. The third-order valence-corrected chi connectivity index (χ3v) is 5.22. The van der Waals surface area contributed by atoms with E-state index < -0.39 is 15.8 Å². The van der Waals surface area contributed by atoms with Crippen molar-refractivity contribution in [2.24, 2.45) is 0 Å². The van der Waals surface area contributed by atoms with Crippen molar-refractivity contribution in [3.05, 3.63) is 64.6 Å².